The molecule has 2 N–H and O–H groups in total. The van der Waals surface area contributed by atoms with Crippen LogP contribution < -0.4 is 5.32 Å². The molecule has 0 spiro atoms. The smallest absolute Gasteiger partial charge is 0.407 e. The van der Waals surface area contributed by atoms with E-state index in [2.05, 4.69) is 20.3 Å². The Hall–Kier alpha value is -2.68. The van der Waals surface area contributed by atoms with Crippen molar-refractivity contribution in [2.75, 3.05) is 0 Å². The van der Waals surface area contributed by atoms with Gasteiger partial charge >= 0.3 is 12.1 Å². The van der Waals surface area contributed by atoms with Gasteiger partial charge < -0.3 is 19.7 Å². The van der Waals surface area contributed by atoms with Crippen molar-refractivity contribution in [1.29, 1.82) is 0 Å². The number of halogens is 1. The summed E-state index contributed by atoms with van der Waals surface area (Å²) in [6.45, 7) is 9.15. The minimum Gasteiger partial charge on any atom is -0.475 e. The standard InChI is InChI=1S/C18H24ClN5O4/c1-6-12-13(11-7-8-20-16(19)22-11)23-14(15(25)26)24(12)9-10(2)21-17(27)28-18(3,4)5/h7-8,10H,6,9H2,1-5H3,(H,21,27)(H,25,26)/t10-/m0/s1. The molecule has 0 aliphatic rings. The molecule has 152 valence electrons. The van der Waals surface area contributed by atoms with Crippen LogP contribution in [0, 0.1) is 0 Å². The molecule has 0 unspecified atom stereocenters. The minimum atomic E-state index is -1.18. The molecule has 0 saturated heterocycles. The van der Waals surface area contributed by atoms with Crippen LogP contribution in [0.15, 0.2) is 12.3 Å². The number of rotatable bonds is 6. The molecule has 10 heteroatoms. The topological polar surface area (TPSA) is 119 Å². The number of hydrogen-bond donors (Lipinski definition) is 2. The second-order valence-corrected chi connectivity index (χ2v) is 7.60. The number of aromatic nitrogens is 4. The zero-order chi connectivity index (χ0) is 21.1. The van der Waals surface area contributed by atoms with E-state index in [1.807, 2.05) is 6.92 Å². The maximum Gasteiger partial charge on any atom is 0.407 e. The molecular formula is C18H24ClN5O4. The Labute approximate surface area is 168 Å². The summed E-state index contributed by atoms with van der Waals surface area (Å²) in [7, 11) is 0. The predicted octanol–water partition coefficient (Wildman–Crippen LogP) is 3.17. The molecule has 0 aromatic carbocycles. The lowest BCUT2D eigenvalue weighted by Gasteiger charge is -2.22. The minimum absolute atomic E-state index is 0.0472. The summed E-state index contributed by atoms with van der Waals surface area (Å²) in [5, 5.41) is 12.4. The van der Waals surface area contributed by atoms with E-state index in [1.54, 1.807) is 38.3 Å². The van der Waals surface area contributed by atoms with Crippen molar-refractivity contribution < 1.29 is 19.4 Å². The summed E-state index contributed by atoms with van der Waals surface area (Å²) < 4.78 is 6.81. The van der Waals surface area contributed by atoms with E-state index in [0.29, 0.717) is 23.5 Å². The monoisotopic (exact) mass is 409 g/mol. The predicted molar refractivity (Wildman–Crippen MR) is 103 cm³/mol. The van der Waals surface area contributed by atoms with Gasteiger partial charge in [-0.15, -0.1) is 0 Å². The molecule has 0 aliphatic heterocycles. The molecule has 0 fully saturated rings. The fourth-order valence-electron chi connectivity index (χ4n) is 2.70. The van der Waals surface area contributed by atoms with Crippen LogP contribution in [0.4, 0.5) is 4.79 Å². The fraction of sp³-hybridized carbons (Fsp3) is 0.500. The number of carbonyl (C=O) groups excluding carboxylic acids is 1. The van der Waals surface area contributed by atoms with Gasteiger partial charge in [-0.25, -0.2) is 24.5 Å². The highest BCUT2D eigenvalue weighted by Gasteiger charge is 2.25. The molecule has 2 aromatic heterocycles. The quantitative estimate of drug-likeness (QED) is 0.703. The van der Waals surface area contributed by atoms with Gasteiger partial charge in [0.25, 0.3) is 0 Å². The van der Waals surface area contributed by atoms with Gasteiger partial charge in [0.2, 0.25) is 11.1 Å². The summed E-state index contributed by atoms with van der Waals surface area (Å²) in [6, 6.07) is 1.22. The third kappa shape index (κ3) is 5.41. The Morgan fingerprint density at radius 1 is 1.36 bits per heavy atom. The van der Waals surface area contributed by atoms with Crippen molar-refractivity contribution in [3.05, 3.63) is 29.1 Å². The number of aromatic carboxylic acids is 1. The lowest BCUT2D eigenvalue weighted by atomic mass is 10.2. The first-order chi connectivity index (χ1) is 13.0. The zero-order valence-corrected chi connectivity index (χ0v) is 17.2. The lowest BCUT2D eigenvalue weighted by Crippen LogP contribution is -2.40. The highest BCUT2D eigenvalue weighted by atomic mass is 35.5. The van der Waals surface area contributed by atoms with Crippen LogP contribution in [0.25, 0.3) is 11.4 Å². The van der Waals surface area contributed by atoms with Crippen LogP contribution in [-0.4, -0.2) is 48.3 Å². The number of carboxylic acid groups (broad SMARTS) is 1. The average Bonchev–Trinajstić information content (AvgIpc) is 2.91. The van der Waals surface area contributed by atoms with E-state index in [9.17, 15) is 14.7 Å². The van der Waals surface area contributed by atoms with Crippen LogP contribution in [-0.2, 0) is 17.7 Å². The summed E-state index contributed by atoms with van der Waals surface area (Å²) in [4.78, 5) is 36.0. The molecule has 1 atom stereocenters. The molecule has 28 heavy (non-hydrogen) atoms. The van der Waals surface area contributed by atoms with E-state index in [4.69, 9.17) is 16.3 Å². The molecule has 0 saturated carbocycles. The van der Waals surface area contributed by atoms with Crippen LogP contribution >= 0.6 is 11.6 Å². The van der Waals surface area contributed by atoms with Crippen LogP contribution in [0.3, 0.4) is 0 Å². The van der Waals surface area contributed by atoms with Crippen molar-refractivity contribution >= 4 is 23.7 Å². The van der Waals surface area contributed by atoms with Gasteiger partial charge in [0.15, 0.2) is 0 Å². The average molecular weight is 410 g/mol. The summed E-state index contributed by atoms with van der Waals surface area (Å²) in [6.07, 6.45) is 1.42. The first-order valence-corrected chi connectivity index (χ1v) is 9.20. The van der Waals surface area contributed by atoms with Crippen LogP contribution in [0.1, 0.15) is 50.9 Å². The molecule has 0 radical (unpaired) electrons. The fourth-order valence-corrected chi connectivity index (χ4v) is 2.85. The van der Waals surface area contributed by atoms with E-state index < -0.39 is 23.7 Å². The maximum absolute atomic E-state index is 12.0. The highest BCUT2D eigenvalue weighted by Crippen LogP contribution is 2.24. The molecular weight excluding hydrogens is 386 g/mol. The Morgan fingerprint density at radius 3 is 2.57 bits per heavy atom. The second kappa shape index (κ2) is 8.55. The molecule has 2 rings (SSSR count). The van der Waals surface area contributed by atoms with Gasteiger partial charge in [-0.05, 0) is 51.8 Å². The number of amides is 1. The summed E-state index contributed by atoms with van der Waals surface area (Å²) in [5.41, 5.74) is 0.906. The molecule has 2 heterocycles. The van der Waals surface area contributed by atoms with Gasteiger partial charge in [-0.3, -0.25) is 0 Å². The van der Waals surface area contributed by atoms with Crippen molar-refractivity contribution in [2.24, 2.45) is 0 Å². The van der Waals surface area contributed by atoms with Crippen LogP contribution in [0.5, 0.6) is 0 Å². The van der Waals surface area contributed by atoms with E-state index in [0.717, 1.165) is 0 Å². The highest BCUT2D eigenvalue weighted by molar-refractivity contribution is 6.28. The Bertz CT molecular complexity index is 875. The number of nitrogens with one attached hydrogen (secondary N) is 1. The zero-order valence-electron chi connectivity index (χ0n) is 16.5. The number of carboxylic acids is 1. The van der Waals surface area contributed by atoms with Gasteiger partial charge in [-0.1, -0.05) is 6.92 Å². The molecule has 2 aromatic rings. The van der Waals surface area contributed by atoms with E-state index in [-0.39, 0.29) is 17.7 Å². The van der Waals surface area contributed by atoms with Gasteiger partial charge in [0.1, 0.15) is 11.3 Å². The van der Waals surface area contributed by atoms with Crippen molar-refractivity contribution in [3.8, 4) is 11.4 Å². The third-order valence-corrected chi connectivity index (χ3v) is 3.87. The number of nitrogens with zero attached hydrogens (tertiary/aromatic N) is 4. The second-order valence-electron chi connectivity index (χ2n) is 7.26. The van der Waals surface area contributed by atoms with E-state index in [1.165, 1.54) is 6.20 Å². The SMILES string of the molecule is CCc1c(-c2ccnc(Cl)n2)nc(C(=O)O)n1C[C@H](C)NC(=O)OC(C)(C)C. The number of carbonyl (C=O) groups is 2. The number of hydrogen-bond acceptors (Lipinski definition) is 6. The number of ether oxygens (including phenoxy) is 1. The molecule has 1 amide bonds. The summed E-state index contributed by atoms with van der Waals surface area (Å²) >= 11 is 5.86. The largest absolute Gasteiger partial charge is 0.475 e. The third-order valence-electron chi connectivity index (χ3n) is 3.69. The maximum atomic E-state index is 12.0. The summed E-state index contributed by atoms with van der Waals surface area (Å²) in [5.74, 6) is -1.31. The molecule has 0 bridgehead atoms. The number of alkyl carbamates (subject to hydrolysis) is 1. The van der Waals surface area contributed by atoms with Crippen molar-refractivity contribution in [3.63, 3.8) is 0 Å². The van der Waals surface area contributed by atoms with Gasteiger partial charge in [0.05, 0.1) is 5.69 Å². The van der Waals surface area contributed by atoms with Gasteiger partial charge in [-0.2, -0.15) is 0 Å². The Morgan fingerprint density at radius 2 is 2.04 bits per heavy atom. The molecule has 9 nitrogen and oxygen atoms in total. The van der Waals surface area contributed by atoms with Gasteiger partial charge in [0, 0.05) is 24.5 Å². The first-order valence-electron chi connectivity index (χ1n) is 8.83. The Kier molecular flexibility index (Phi) is 6.60. The lowest BCUT2D eigenvalue weighted by molar-refractivity contribution is 0.0504. The first kappa shape index (κ1) is 21.6. The van der Waals surface area contributed by atoms with E-state index >= 15 is 0 Å². The van der Waals surface area contributed by atoms with Crippen LogP contribution in [0.2, 0.25) is 5.28 Å². The molecule has 0 aliphatic carbocycles. The van der Waals surface area contributed by atoms with Crippen molar-refractivity contribution in [1.82, 2.24) is 24.8 Å². The van der Waals surface area contributed by atoms with Crippen molar-refractivity contribution in [2.45, 2.75) is 59.2 Å². The number of imidazole rings is 1. The normalized spacial score (nSPS) is 12.5. The Balaban J connectivity index is 2.35.